The molecule has 2 atom stereocenters. The summed E-state index contributed by atoms with van der Waals surface area (Å²) in [4.78, 5) is 39.0. The highest BCUT2D eigenvalue weighted by molar-refractivity contribution is 5.97. The number of amides is 2. The standard InChI is InChI=1S/C21H27FN2O4/c1-5-13(3)23-18(25)12-24-14(4)20(21(27)28-6-2)17(11-19(24)26)15-8-7-9-16(22)10-15/h7-10,13,17H,5-6,11-12H2,1-4H3,(H,23,25)/t13-,17-/m0/s1. The first-order valence-electron chi connectivity index (χ1n) is 9.51. The minimum absolute atomic E-state index is 0.0127. The Kier molecular flexibility index (Phi) is 7.31. The van der Waals surface area contributed by atoms with E-state index in [4.69, 9.17) is 4.74 Å². The smallest absolute Gasteiger partial charge is 0.336 e. The van der Waals surface area contributed by atoms with Crippen LogP contribution in [-0.2, 0) is 19.1 Å². The first kappa shape index (κ1) is 21.6. The number of hydrogen-bond donors (Lipinski definition) is 1. The van der Waals surface area contributed by atoms with Crippen molar-refractivity contribution in [3.8, 4) is 0 Å². The van der Waals surface area contributed by atoms with Gasteiger partial charge in [0.15, 0.2) is 0 Å². The van der Waals surface area contributed by atoms with Gasteiger partial charge >= 0.3 is 5.97 Å². The van der Waals surface area contributed by atoms with E-state index in [9.17, 15) is 18.8 Å². The van der Waals surface area contributed by atoms with Crippen LogP contribution < -0.4 is 5.32 Å². The zero-order chi connectivity index (χ0) is 20.8. The van der Waals surface area contributed by atoms with Gasteiger partial charge in [-0.1, -0.05) is 19.1 Å². The van der Waals surface area contributed by atoms with E-state index in [0.29, 0.717) is 11.3 Å². The van der Waals surface area contributed by atoms with E-state index in [0.717, 1.165) is 6.42 Å². The zero-order valence-electron chi connectivity index (χ0n) is 16.8. The summed E-state index contributed by atoms with van der Waals surface area (Å²) in [6, 6.07) is 5.83. The number of nitrogens with zero attached hydrogens (tertiary/aromatic N) is 1. The van der Waals surface area contributed by atoms with Gasteiger partial charge in [0, 0.05) is 24.1 Å². The summed E-state index contributed by atoms with van der Waals surface area (Å²) in [7, 11) is 0. The zero-order valence-corrected chi connectivity index (χ0v) is 16.8. The summed E-state index contributed by atoms with van der Waals surface area (Å²) in [6.07, 6.45) is 0.732. The first-order chi connectivity index (χ1) is 13.3. The molecule has 1 heterocycles. The molecule has 1 aromatic rings. The highest BCUT2D eigenvalue weighted by atomic mass is 19.1. The quantitative estimate of drug-likeness (QED) is 0.727. The maximum absolute atomic E-state index is 13.7. The van der Waals surface area contributed by atoms with E-state index in [1.165, 1.54) is 17.0 Å². The number of esters is 1. The number of allylic oxidation sites excluding steroid dienone is 1. The Morgan fingerprint density at radius 3 is 2.68 bits per heavy atom. The van der Waals surface area contributed by atoms with Crippen LogP contribution in [0.1, 0.15) is 52.0 Å². The third-order valence-corrected chi connectivity index (χ3v) is 4.89. The molecule has 1 N–H and O–H groups in total. The molecule has 152 valence electrons. The van der Waals surface area contributed by atoms with Gasteiger partial charge in [0.05, 0.1) is 12.2 Å². The average Bonchev–Trinajstić information content (AvgIpc) is 2.64. The van der Waals surface area contributed by atoms with E-state index < -0.39 is 17.7 Å². The lowest BCUT2D eigenvalue weighted by atomic mass is 9.83. The predicted molar refractivity (Wildman–Crippen MR) is 103 cm³/mol. The van der Waals surface area contributed by atoms with Crippen LogP contribution in [0.3, 0.4) is 0 Å². The van der Waals surface area contributed by atoms with Crippen molar-refractivity contribution in [2.45, 2.75) is 52.5 Å². The molecule has 1 aliphatic heterocycles. The van der Waals surface area contributed by atoms with E-state index >= 15 is 0 Å². The monoisotopic (exact) mass is 390 g/mol. The number of nitrogens with one attached hydrogen (secondary N) is 1. The molecule has 0 radical (unpaired) electrons. The topological polar surface area (TPSA) is 75.7 Å². The fraction of sp³-hybridized carbons (Fsp3) is 0.476. The Hall–Kier alpha value is -2.70. The van der Waals surface area contributed by atoms with Crippen LogP contribution in [-0.4, -0.2) is 41.9 Å². The Balaban J connectivity index is 2.40. The summed E-state index contributed by atoms with van der Waals surface area (Å²) >= 11 is 0. The molecule has 2 amide bonds. The molecule has 0 aromatic heterocycles. The van der Waals surface area contributed by atoms with Gasteiger partial charge in [-0.25, -0.2) is 9.18 Å². The Bertz CT molecular complexity index is 790. The summed E-state index contributed by atoms with van der Waals surface area (Å²) in [5.41, 5.74) is 1.17. The molecule has 0 unspecified atom stereocenters. The van der Waals surface area contributed by atoms with Gasteiger partial charge in [-0.15, -0.1) is 0 Å². The second-order valence-corrected chi connectivity index (χ2v) is 6.89. The molecule has 28 heavy (non-hydrogen) atoms. The minimum atomic E-state index is -0.615. The lowest BCUT2D eigenvalue weighted by molar-refractivity contribution is -0.141. The molecule has 2 rings (SSSR count). The summed E-state index contributed by atoms with van der Waals surface area (Å²) in [6.45, 7) is 7.14. The van der Waals surface area contributed by atoms with Crippen LogP contribution >= 0.6 is 0 Å². The normalized spacial score (nSPS) is 18.1. The van der Waals surface area contributed by atoms with Crippen molar-refractivity contribution in [3.63, 3.8) is 0 Å². The van der Waals surface area contributed by atoms with Crippen molar-refractivity contribution in [1.29, 1.82) is 0 Å². The molecule has 1 aromatic carbocycles. The van der Waals surface area contributed by atoms with Crippen molar-refractivity contribution in [2.75, 3.05) is 13.2 Å². The van der Waals surface area contributed by atoms with E-state index in [1.54, 1.807) is 26.0 Å². The number of halogens is 1. The van der Waals surface area contributed by atoms with Gasteiger partial charge in [0.1, 0.15) is 12.4 Å². The maximum Gasteiger partial charge on any atom is 0.336 e. The summed E-state index contributed by atoms with van der Waals surface area (Å²) < 4.78 is 18.9. The van der Waals surface area contributed by atoms with Crippen LogP contribution in [0.4, 0.5) is 4.39 Å². The minimum Gasteiger partial charge on any atom is -0.463 e. The van der Waals surface area contributed by atoms with Gasteiger partial charge in [0.25, 0.3) is 0 Å². The van der Waals surface area contributed by atoms with Gasteiger partial charge < -0.3 is 15.0 Å². The molecule has 0 saturated heterocycles. The number of rotatable bonds is 7. The molecular formula is C21H27FN2O4. The number of carbonyl (C=O) groups is 3. The predicted octanol–water partition coefficient (Wildman–Crippen LogP) is 2.89. The molecule has 0 saturated carbocycles. The number of carbonyl (C=O) groups excluding carboxylic acids is 3. The third kappa shape index (κ3) is 4.97. The number of benzene rings is 1. The first-order valence-corrected chi connectivity index (χ1v) is 9.51. The van der Waals surface area contributed by atoms with Gasteiger partial charge in [-0.3, -0.25) is 9.59 Å². The molecule has 1 aliphatic rings. The third-order valence-electron chi connectivity index (χ3n) is 4.89. The fourth-order valence-electron chi connectivity index (χ4n) is 3.25. The number of ether oxygens (including phenoxy) is 1. The van der Waals surface area contributed by atoms with Gasteiger partial charge in [0.2, 0.25) is 11.8 Å². The van der Waals surface area contributed by atoms with E-state index in [2.05, 4.69) is 5.32 Å². The van der Waals surface area contributed by atoms with Crippen molar-refractivity contribution in [1.82, 2.24) is 10.2 Å². The van der Waals surface area contributed by atoms with Gasteiger partial charge in [-0.05, 0) is 44.9 Å². The van der Waals surface area contributed by atoms with E-state index in [1.807, 2.05) is 13.8 Å². The van der Waals surface area contributed by atoms with Crippen molar-refractivity contribution in [3.05, 3.63) is 46.9 Å². The fourth-order valence-corrected chi connectivity index (χ4v) is 3.25. The molecule has 7 heteroatoms. The Morgan fingerprint density at radius 1 is 1.36 bits per heavy atom. The SMILES string of the molecule is CCOC(=O)C1=C(C)N(CC(=O)N[C@@H](C)CC)C(=O)C[C@H]1c1cccc(F)c1. The molecule has 0 aliphatic carbocycles. The van der Waals surface area contributed by atoms with Crippen molar-refractivity contribution < 1.29 is 23.5 Å². The lowest BCUT2D eigenvalue weighted by Crippen LogP contribution is -2.45. The average molecular weight is 390 g/mol. The highest BCUT2D eigenvalue weighted by Gasteiger charge is 2.37. The van der Waals surface area contributed by atoms with Crippen molar-refractivity contribution >= 4 is 17.8 Å². The molecular weight excluding hydrogens is 363 g/mol. The Labute approximate surface area is 164 Å². The molecule has 0 bridgehead atoms. The van der Waals surface area contributed by atoms with Gasteiger partial charge in [-0.2, -0.15) is 0 Å². The Morgan fingerprint density at radius 2 is 2.07 bits per heavy atom. The van der Waals surface area contributed by atoms with Crippen molar-refractivity contribution in [2.24, 2.45) is 0 Å². The summed E-state index contributed by atoms with van der Waals surface area (Å²) in [5.74, 6) is -2.21. The second-order valence-electron chi connectivity index (χ2n) is 6.89. The molecule has 6 nitrogen and oxygen atoms in total. The maximum atomic E-state index is 13.7. The van der Waals surface area contributed by atoms with Crippen LogP contribution in [0.25, 0.3) is 0 Å². The second kappa shape index (κ2) is 9.48. The molecule has 0 spiro atoms. The largest absolute Gasteiger partial charge is 0.463 e. The molecule has 0 fully saturated rings. The highest BCUT2D eigenvalue weighted by Crippen LogP contribution is 2.37. The van der Waals surface area contributed by atoms with Crippen LogP contribution in [0.15, 0.2) is 35.5 Å². The van der Waals surface area contributed by atoms with Crippen LogP contribution in [0.5, 0.6) is 0 Å². The van der Waals surface area contributed by atoms with Crippen LogP contribution in [0, 0.1) is 5.82 Å². The summed E-state index contributed by atoms with van der Waals surface area (Å²) in [5, 5.41) is 2.82. The lowest BCUT2D eigenvalue weighted by Gasteiger charge is -2.34. The van der Waals surface area contributed by atoms with E-state index in [-0.39, 0.29) is 43.0 Å². The number of hydrogen-bond acceptors (Lipinski definition) is 4. The van der Waals surface area contributed by atoms with Crippen LogP contribution in [0.2, 0.25) is 0 Å².